The number of piperidine rings is 1. The maximum atomic E-state index is 6.09. The third-order valence-corrected chi connectivity index (χ3v) is 3.55. The maximum absolute atomic E-state index is 6.09. The monoisotopic (exact) mass is 253 g/mol. The van der Waals surface area contributed by atoms with Gasteiger partial charge in [0.25, 0.3) is 0 Å². The van der Waals surface area contributed by atoms with Crippen LogP contribution in [0, 0.1) is 0 Å². The number of halogens is 1. The summed E-state index contributed by atoms with van der Waals surface area (Å²) in [5, 5.41) is 7.72. The number of hydrogen-bond donors (Lipinski definition) is 2. The molecular formula is C13H20ClN3. The van der Waals surface area contributed by atoms with E-state index in [1.54, 1.807) is 12.4 Å². The van der Waals surface area contributed by atoms with E-state index in [0.29, 0.717) is 12.1 Å². The first-order chi connectivity index (χ1) is 8.25. The summed E-state index contributed by atoms with van der Waals surface area (Å²) in [6.07, 6.45) is 8.57. The molecule has 3 nitrogen and oxygen atoms in total. The van der Waals surface area contributed by atoms with Gasteiger partial charge in [-0.1, -0.05) is 18.0 Å². The second kappa shape index (κ2) is 6.22. The molecule has 1 aromatic rings. The Morgan fingerprint density at radius 1 is 1.59 bits per heavy atom. The van der Waals surface area contributed by atoms with E-state index in [2.05, 4.69) is 22.5 Å². The van der Waals surface area contributed by atoms with E-state index >= 15 is 0 Å². The molecule has 2 atom stereocenters. The van der Waals surface area contributed by atoms with Crippen molar-refractivity contribution in [2.24, 2.45) is 0 Å². The summed E-state index contributed by atoms with van der Waals surface area (Å²) in [5.41, 5.74) is 0.928. The van der Waals surface area contributed by atoms with E-state index in [-0.39, 0.29) is 0 Å². The molecule has 0 spiro atoms. The topological polar surface area (TPSA) is 37.0 Å². The van der Waals surface area contributed by atoms with Crippen LogP contribution >= 0.6 is 11.6 Å². The van der Waals surface area contributed by atoms with Crippen LogP contribution in [-0.2, 0) is 0 Å². The number of rotatable bonds is 4. The summed E-state index contributed by atoms with van der Waals surface area (Å²) < 4.78 is 0. The number of aromatic nitrogens is 1. The lowest BCUT2D eigenvalue weighted by Crippen LogP contribution is -2.37. The molecule has 0 aromatic carbocycles. The fourth-order valence-electron chi connectivity index (χ4n) is 2.36. The van der Waals surface area contributed by atoms with E-state index in [1.165, 1.54) is 19.3 Å². The zero-order chi connectivity index (χ0) is 12.1. The van der Waals surface area contributed by atoms with Crippen LogP contribution in [0.25, 0.3) is 0 Å². The minimum absolute atomic E-state index is 0.410. The molecule has 4 heteroatoms. The molecule has 0 saturated carbocycles. The van der Waals surface area contributed by atoms with Gasteiger partial charge in [0, 0.05) is 18.3 Å². The number of nitrogens with one attached hydrogen (secondary N) is 2. The predicted octanol–water partition coefficient (Wildman–Crippen LogP) is 3.07. The Labute approximate surface area is 108 Å². The Hall–Kier alpha value is -0.800. The molecule has 1 saturated heterocycles. The van der Waals surface area contributed by atoms with Crippen LogP contribution in [0.5, 0.6) is 0 Å². The fraction of sp³-hybridized carbons (Fsp3) is 0.615. The number of pyridine rings is 1. The summed E-state index contributed by atoms with van der Waals surface area (Å²) in [4.78, 5) is 4.08. The SMILES string of the molecule is CC(CC1CCCCN1)Nc1cnccc1Cl. The molecule has 0 radical (unpaired) electrons. The third-order valence-electron chi connectivity index (χ3n) is 3.22. The zero-order valence-electron chi connectivity index (χ0n) is 10.2. The first kappa shape index (κ1) is 12.7. The molecule has 1 fully saturated rings. The Morgan fingerprint density at radius 3 is 3.18 bits per heavy atom. The van der Waals surface area contributed by atoms with Gasteiger partial charge in [-0.25, -0.2) is 0 Å². The van der Waals surface area contributed by atoms with Crippen LogP contribution in [0.4, 0.5) is 5.69 Å². The molecule has 2 heterocycles. The average Bonchev–Trinajstić information content (AvgIpc) is 2.33. The van der Waals surface area contributed by atoms with E-state index in [1.807, 2.05) is 6.07 Å². The molecule has 17 heavy (non-hydrogen) atoms. The highest BCUT2D eigenvalue weighted by Gasteiger charge is 2.16. The van der Waals surface area contributed by atoms with Crippen molar-refractivity contribution in [2.45, 2.75) is 44.7 Å². The van der Waals surface area contributed by atoms with Gasteiger partial charge in [0.1, 0.15) is 0 Å². The number of hydrogen-bond acceptors (Lipinski definition) is 3. The number of anilines is 1. The van der Waals surface area contributed by atoms with Crippen LogP contribution < -0.4 is 10.6 Å². The largest absolute Gasteiger partial charge is 0.380 e. The van der Waals surface area contributed by atoms with Crippen LogP contribution in [0.3, 0.4) is 0 Å². The lowest BCUT2D eigenvalue weighted by atomic mass is 9.99. The highest BCUT2D eigenvalue weighted by atomic mass is 35.5. The van der Waals surface area contributed by atoms with Gasteiger partial charge in [-0.05, 0) is 38.8 Å². The molecule has 2 rings (SSSR count). The third kappa shape index (κ3) is 3.86. The van der Waals surface area contributed by atoms with Crippen LogP contribution in [0.1, 0.15) is 32.6 Å². The summed E-state index contributed by atoms with van der Waals surface area (Å²) in [6, 6.07) is 2.86. The molecule has 1 aromatic heterocycles. The van der Waals surface area contributed by atoms with Crippen LogP contribution in [-0.4, -0.2) is 23.6 Å². The molecule has 1 aliphatic rings. The zero-order valence-corrected chi connectivity index (χ0v) is 11.0. The fourth-order valence-corrected chi connectivity index (χ4v) is 2.52. The molecular weight excluding hydrogens is 234 g/mol. The van der Waals surface area contributed by atoms with Gasteiger partial charge in [0.2, 0.25) is 0 Å². The minimum atomic E-state index is 0.410. The maximum Gasteiger partial charge on any atom is 0.0718 e. The van der Waals surface area contributed by atoms with Gasteiger partial charge < -0.3 is 10.6 Å². The molecule has 94 valence electrons. The van der Waals surface area contributed by atoms with E-state index in [0.717, 1.165) is 23.7 Å². The second-order valence-electron chi connectivity index (χ2n) is 4.78. The van der Waals surface area contributed by atoms with Gasteiger partial charge in [-0.2, -0.15) is 0 Å². The molecule has 2 N–H and O–H groups in total. The van der Waals surface area contributed by atoms with Gasteiger partial charge in [-0.15, -0.1) is 0 Å². The lowest BCUT2D eigenvalue weighted by molar-refractivity contribution is 0.371. The van der Waals surface area contributed by atoms with Gasteiger partial charge in [-0.3, -0.25) is 4.98 Å². The Morgan fingerprint density at radius 2 is 2.47 bits per heavy atom. The Bertz CT molecular complexity index is 350. The van der Waals surface area contributed by atoms with Crippen molar-refractivity contribution in [3.8, 4) is 0 Å². The van der Waals surface area contributed by atoms with Gasteiger partial charge in [0.05, 0.1) is 16.9 Å². The average molecular weight is 254 g/mol. The highest BCUT2D eigenvalue weighted by molar-refractivity contribution is 6.33. The van der Waals surface area contributed by atoms with Crippen molar-refractivity contribution in [1.82, 2.24) is 10.3 Å². The molecule has 0 bridgehead atoms. The summed E-state index contributed by atoms with van der Waals surface area (Å²) in [7, 11) is 0. The van der Waals surface area contributed by atoms with Crippen LogP contribution in [0.2, 0.25) is 5.02 Å². The molecule has 0 aliphatic carbocycles. The van der Waals surface area contributed by atoms with E-state index < -0.39 is 0 Å². The quantitative estimate of drug-likeness (QED) is 0.866. The van der Waals surface area contributed by atoms with Crippen molar-refractivity contribution >= 4 is 17.3 Å². The van der Waals surface area contributed by atoms with Crippen LogP contribution in [0.15, 0.2) is 18.5 Å². The van der Waals surface area contributed by atoms with Crippen molar-refractivity contribution in [1.29, 1.82) is 0 Å². The van der Waals surface area contributed by atoms with Gasteiger partial charge in [0.15, 0.2) is 0 Å². The molecule has 0 amide bonds. The minimum Gasteiger partial charge on any atom is -0.380 e. The first-order valence-electron chi connectivity index (χ1n) is 6.35. The first-order valence-corrected chi connectivity index (χ1v) is 6.73. The number of nitrogens with zero attached hydrogens (tertiary/aromatic N) is 1. The molecule has 1 aliphatic heterocycles. The second-order valence-corrected chi connectivity index (χ2v) is 5.19. The Balaban J connectivity index is 1.84. The standard InChI is InChI=1S/C13H20ClN3/c1-10(8-11-4-2-3-6-16-11)17-13-9-15-7-5-12(13)14/h5,7,9-11,16-17H,2-4,6,8H2,1H3. The van der Waals surface area contributed by atoms with E-state index in [9.17, 15) is 0 Å². The summed E-state index contributed by atoms with van der Waals surface area (Å²) in [6.45, 7) is 3.35. The lowest BCUT2D eigenvalue weighted by Gasteiger charge is -2.27. The Kier molecular flexibility index (Phi) is 4.63. The van der Waals surface area contributed by atoms with Crippen molar-refractivity contribution in [3.63, 3.8) is 0 Å². The highest BCUT2D eigenvalue weighted by Crippen LogP contribution is 2.21. The summed E-state index contributed by atoms with van der Waals surface area (Å²) >= 11 is 6.09. The van der Waals surface area contributed by atoms with Gasteiger partial charge >= 0.3 is 0 Å². The normalized spacial score (nSPS) is 22.1. The predicted molar refractivity (Wildman–Crippen MR) is 72.6 cm³/mol. The molecule has 2 unspecified atom stereocenters. The smallest absolute Gasteiger partial charge is 0.0718 e. The van der Waals surface area contributed by atoms with Crippen molar-refractivity contribution in [2.75, 3.05) is 11.9 Å². The van der Waals surface area contributed by atoms with Crippen molar-refractivity contribution < 1.29 is 0 Å². The van der Waals surface area contributed by atoms with Crippen molar-refractivity contribution in [3.05, 3.63) is 23.5 Å². The summed E-state index contributed by atoms with van der Waals surface area (Å²) in [5.74, 6) is 0. The van der Waals surface area contributed by atoms with E-state index in [4.69, 9.17) is 11.6 Å².